The predicted octanol–water partition coefficient (Wildman–Crippen LogP) is 3.54. The summed E-state index contributed by atoms with van der Waals surface area (Å²) < 4.78 is 5.16. The maximum Gasteiger partial charge on any atom is 0.338 e. The number of rotatable bonds is 7. The molecule has 0 heterocycles. The minimum atomic E-state index is -0.744. The highest BCUT2D eigenvalue weighted by Gasteiger charge is 2.53. The Morgan fingerprint density at radius 1 is 1.19 bits per heavy atom. The highest BCUT2D eigenvalue weighted by Crippen LogP contribution is 2.61. The Kier molecular flexibility index (Phi) is 5.66. The largest absolute Gasteiger partial charge is 0.452 e. The third-order valence-electron chi connectivity index (χ3n) is 7.61. The van der Waals surface area contributed by atoms with Gasteiger partial charge in [0.25, 0.3) is 11.6 Å². The van der Waals surface area contributed by atoms with E-state index in [0.29, 0.717) is 5.69 Å². The van der Waals surface area contributed by atoms with Crippen LogP contribution in [0.15, 0.2) is 18.2 Å². The predicted molar refractivity (Wildman–Crippen MR) is 116 cm³/mol. The van der Waals surface area contributed by atoms with Gasteiger partial charge in [0, 0.05) is 26.2 Å². The van der Waals surface area contributed by atoms with Crippen molar-refractivity contribution in [2.24, 2.45) is 23.2 Å². The second-order valence-corrected chi connectivity index (χ2v) is 10.0. The van der Waals surface area contributed by atoms with E-state index in [1.807, 2.05) is 0 Å². The number of nitro benzene ring substituents is 1. The molecule has 4 aliphatic carbocycles. The lowest BCUT2D eigenvalue weighted by Gasteiger charge is -2.59. The molecule has 168 valence electrons. The molecule has 0 unspecified atom stereocenters. The van der Waals surface area contributed by atoms with Crippen LogP contribution in [0.1, 0.15) is 55.8 Å². The number of nitrogens with one attached hydrogen (secondary N) is 1. The van der Waals surface area contributed by atoms with Crippen LogP contribution in [0.3, 0.4) is 0 Å². The van der Waals surface area contributed by atoms with Gasteiger partial charge in [0.15, 0.2) is 6.61 Å². The summed E-state index contributed by atoms with van der Waals surface area (Å²) in [5, 5.41) is 14.4. The van der Waals surface area contributed by atoms with Gasteiger partial charge in [0.05, 0.1) is 10.5 Å². The van der Waals surface area contributed by atoms with Crippen LogP contribution in [-0.4, -0.2) is 43.5 Å². The molecule has 5 rings (SSSR count). The van der Waals surface area contributed by atoms with Crippen LogP contribution < -0.4 is 10.2 Å². The third-order valence-corrected chi connectivity index (χ3v) is 7.61. The van der Waals surface area contributed by atoms with E-state index in [1.54, 1.807) is 19.0 Å². The van der Waals surface area contributed by atoms with E-state index in [0.717, 1.165) is 17.8 Å². The fourth-order valence-electron chi connectivity index (χ4n) is 6.53. The van der Waals surface area contributed by atoms with Crippen molar-refractivity contribution in [3.8, 4) is 0 Å². The molecule has 0 radical (unpaired) electrons. The van der Waals surface area contributed by atoms with E-state index in [-0.39, 0.29) is 28.6 Å². The van der Waals surface area contributed by atoms with Gasteiger partial charge in [-0.25, -0.2) is 4.79 Å². The van der Waals surface area contributed by atoms with Crippen molar-refractivity contribution in [1.29, 1.82) is 0 Å². The molecule has 1 aromatic carbocycles. The first-order chi connectivity index (χ1) is 14.7. The molecule has 31 heavy (non-hydrogen) atoms. The molecule has 4 aliphatic rings. The minimum Gasteiger partial charge on any atom is -0.452 e. The number of nitro groups is 1. The number of carbonyl (C=O) groups excluding carboxylic acids is 2. The Morgan fingerprint density at radius 3 is 2.29 bits per heavy atom. The molecule has 4 fully saturated rings. The van der Waals surface area contributed by atoms with Crippen molar-refractivity contribution >= 4 is 23.3 Å². The molecule has 0 saturated heterocycles. The molecule has 4 bridgehead atoms. The number of ether oxygens (including phenoxy) is 1. The number of hydrogen-bond acceptors (Lipinski definition) is 6. The highest BCUT2D eigenvalue weighted by molar-refractivity contribution is 5.93. The number of carbonyl (C=O) groups is 2. The Morgan fingerprint density at radius 2 is 1.77 bits per heavy atom. The Labute approximate surface area is 182 Å². The number of esters is 1. The minimum absolute atomic E-state index is 0.0487. The number of hydrogen-bond donors (Lipinski definition) is 1. The number of amides is 1. The van der Waals surface area contributed by atoms with E-state index in [4.69, 9.17) is 4.74 Å². The summed E-state index contributed by atoms with van der Waals surface area (Å²) in [5.74, 6) is 1.32. The normalized spacial score (nSPS) is 29.3. The first-order valence-corrected chi connectivity index (χ1v) is 11.1. The van der Waals surface area contributed by atoms with Crippen LogP contribution in [0.2, 0.25) is 0 Å². The summed E-state index contributed by atoms with van der Waals surface area (Å²) >= 11 is 0. The molecule has 1 aromatic rings. The second-order valence-electron chi connectivity index (χ2n) is 10.0. The average molecular weight is 430 g/mol. The molecule has 1 atom stereocenters. The van der Waals surface area contributed by atoms with Crippen LogP contribution in [0.5, 0.6) is 0 Å². The van der Waals surface area contributed by atoms with Gasteiger partial charge in [0.2, 0.25) is 0 Å². The van der Waals surface area contributed by atoms with Gasteiger partial charge in [-0.2, -0.15) is 0 Å². The quantitative estimate of drug-likeness (QED) is 0.404. The molecule has 0 aromatic heterocycles. The fraction of sp³-hybridized carbons (Fsp3) is 0.652. The monoisotopic (exact) mass is 429 g/mol. The summed E-state index contributed by atoms with van der Waals surface area (Å²) in [5.41, 5.74) is 0.444. The third kappa shape index (κ3) is 4.25. The second kappa shape index (κ2) is 8.13. The summed E-state index contributed by atoms with van der Waals surface area (Å²) in [6.45, 7) is 1.69. The topological polar surface area (TPSA) is 102 Å². The molecular formula is C23H31N3O5. The maximum absolute atomic E-state index is 12.5. The Bertz CT molecular complexity index is 862. The van der Waals surface area contributed by atoms with Crippen LogP contribution in [-0.2, 0) is 9.53 Å². The maximum atomic E-state index is 12.5. The molecule has 1 amide bonds. The first kappa shape index (κ1) is 21.6. The lowest BCUT2D eigenvalue weighted by Crippen LogP contribution is -2.56. The van der Waals surface area contributed by atoms with Crippen LogP contribution >= 0.6 is 0 Å². The van der Waals surface area contributed by atoms with Gasteiger partial charge in [-0.1, -0.05) is 0 Å². The summed E-state index contributed by atoms with van der Waals surface area (Å²) in [7, 11) is 3.38. The SMILES string of the molecule is C[C@@H](NC(=O)COC(=O)c1ccc(N(C)C)c([N+](=O)[O-])c1)C12CC3CC(CC(C3)C1)C2. The van der Waals surface area contributed by atoms with Crippen molar-refractivity contribution < 1.29 is 19.2 Å². The molecule has 4 saturated carbocycles. The van der Waals surface area contributed by atoms with E-state index in [2.05, 4.69) is 12.2 Å². The van der Waals surface area contributed by atoms with Crippen LogP contribution in [0.4, 0.5) is 11.4 Å². The lowest BCUT2D eigenvalue weighted by molar-refractivity contribution is -0.384. The van der Waals surface area contributed by atoms with Crippen molar-refractivity contribution in [1.82, 2.24) is 5.32 Å². The summed E-state index contributed by atoms with van der Waals surface area (Å²) in [6.07, 6.45) is 7.58. The van der Waals surface area contributed by atoms with Crippen molar-refractivity contribution in [3.63, 3.8) is 0 Å². The summed E-state index contributed by atoms with van der Waals surface area (Å²) in [4.78, 5) is 37.3. The van der Waals surface area contributed by atoms with Gasteiger partial charge in [-0.05, 0) is 80.8 Å². The van der Waals surface area contributed by atoms with Crippen molar-refractivity contribution in [2.75, 3.05) is 25.6 Å². The zero-order valence-corrected chi connectivity index (χ0v) is 18.4. The lowest BCUT2D eigenvalue weighted by atomic mass is 9.48. The van der Waals surface area contributed by atoms with Gasteiger partial charge in [-0.3, -0.25) is 14.9 Å². The molecule has 0 aliphatic heterocycles. The zero-order valence-electron chi connectivity index (χ0n) is 18.4. The van der Waals surface area contributed by atoms with Crippen LogP contribution in [0.25, 0.3) is 0 Å². The van der Waals surface area contributed by atoms with Crippen molar-refractivity contribution in [3.05, 3.63) is 33.9 Å². The molecule has 8 heteroatoms. The number of benzene rings is 1. The van der Waals surface area contributed by atoms with E-state index in [9.17, 15) is 19.7 Å². The number of anilines is 1. The van der Waals surface area contributed by atoms with Gasteiger partial charge in [-0.15, -0.1) is 0 Å². The molecule has 1 N–H and O–H groups in total. The van der Waals surface area contributed by atoms with Gasteiger partial charge >= 0.3 is 5.97 Å². The zero-order chi connectivity index (χ0) is 22.3. The first-order valence-electron chi connectivity index (χ1n) is 11.1. The van der Waals surface area contributed by atoms with Crippen molar-refractivity contribution in [2.45, 2.75) is 51.5 Å². The molecule has 0 spiro atoms. The average Bonchev–Trinajstić information content (AvgIpc) is 2.70. The van der Waals surface area contributed by atoms with E-state index in [1.165, 1.54) is 56.7 Å². The Hall–Kier alpha value is -2.64. The molecule has 8 nitrogen and oxygen atoms in total. The highest BCUT2D eigenvalue weighted by atomic mass is 16.6. The van der Waals surface area contributed by atoms with Crippen LogP contribution in [0, 0.1) is 33.3 Å². The van der Waals surface area contributed by atoms with Gasteiger partial charge in [0.1, 0.15) is 5.69 Å². The standard InChI is InChI=1S/C23H31N3O5/c1-14(23-10-15-6-16(11-23)8-17(7-15)12-23)24-21(27)13-31-22(28)18-4-5-19(25(2)3)20(9-18)26(29)30/h4-5,9,14-17H,6-8,10-13H2,1-3H3,(H,24,27)/t14-,15?,16?,17?,23?/m1/s1. The van der Waals surface area contributed by atoms with E-state index < -0.39 is 17.5 Å². The smallest absolute Gasteiger partial charge is 0.338 e. The number of nitrogens with zero attached hydrogens (tertiary/aromatic N) is 2. The van der Waals surface area contributed by atoms with E-state index >= 15 is 0 Å². The fourth-order valence-corrected chi connectivity index (χ4v) is 6.53. The van der Waals surface area contributed by atoms with Gasteiger partial charge < -0.3 is 15.0 Å². The summed E-state index contributed by atoms with van der Waals surface area (Å²) in [6, 6.07) is 4.21. The molecular weight excluding hydrogens is 398 g/mol. The Balaban J connectivity index is 1.34.